The number of hydrogen-bond donors (Lipinski definition) is 1. The van der Waals surface area contributed by atoms with Crippen molar-refractivity contribution in [3.05, 3.63) is 23.2 Å². The maximum absolute atomic E-state index is 11.4. The minimum atomic E-state index is -3.87. The van der Waals surface area contributed by atoms with Crippen molar-refractivity contribution >= 4 is 21.6 Å². The maximum atomic E-state index is 11.4. The quantitative estimate of drug-likeness (QED) is 0.846. The van der Waals surface area contributed by atoms with Crippen molar-refractivity contribution in [1.29, 1.82) is 0 Å². The first kappa shape index (κ1) is 16.2. The van der Waals surface area contributed by atoms with E-state index >= 15 is 0 Å². The van der Waals surface area contributed by atoms with Crippen LogP contribution in [0.3, 0.4) is 0 Å². The van der Waals surface area contributed by atoms with Crippen molar-refractivity contribution in [3.8, 4) is 5.75 Å². The lowest BCUT2D eigenvalue weighted by Crippen LogP contribution is -2.23. The molecule has 0 aliphatic carbocycles. The Hall–Kier alpha value is -0.820. The first-order valence-electron chi connectivity index (χ1n) is 5.69. The summed E-state index contributed by atoms with van der Waals surface area (Å²) in [7, 11) is -3.87. The number of ether oxygens (including phenoxy) is 2. The second-order valence-corrected chi connectivity index (χ2v) is 6.91. The molecule has 0 saturated heterocycles. The van der Waals surface area contributed by atoms with E-state index in [4.69, 9.17) is 26.2 Å². The van der Waals surface area contributed by atoms with Crippen molar-refractivity contribution in [2.24, 2.45) is 5.14 Å². The van der Waals surface area contributed by atoms with Gasteiger partial charge in [-0.15, -0.1) is 0 Å². The van der Waals surface area contributed by atoms with Gasteiger partial charge in [0.25, 0.3) is 0 Å². The van der Waals surface area contributed by atoms with Gasteiger partial charge in [-0.3, -0.25) is 0 Å². The van der Waals surface area contributed by atoms with E-state index in [2.05, 4.69) is 0 Å². The molecule has 0 fully saturated rings. The van der Waals surface area contributed by atoms with Crippen LogP contribution in [0, 0.1) is 0 Å². The Balaban J connectivity index is 2.74. The Labute approximate surface area is 118 Å². The molecule has 0 spiro atoms. The number of primary sulfonamides is 1. The molecule has 0 saturated carbocycles. The molecular weight excluding hydrogens is 290 g/mol. The number of benzene rings is 1. The van der Waals surface area contributed by atoms with Crippen LogP contribution in [0.1, 0.15) is 20.8 Å². The molecule has 0 aliphatic rings. The highest BCUT2D eigenvalue weighted by Crippen LogP contribution is 2.26. The first-order valence-corrected chi connectivity index (χ1v) is 7.61. The molecule has 1 aromatic rings. The standard InChI is InChI=1S/C12H18ClNO4S/c1-12(2,3)18-7-6-17-10-5-4-9(13)8-11(10)19(14,15)16/h4-5,8H,6-7H2,1-3H3,(H2,14,15,16). The molecule has 0 radical (unpaired) electrons. The zero-order valence-electron chi connectivity index (χ0n) is 11.1. The summed E-state index contributed by atoms with van der Waals surface area (Å²) < 4.78 is 33.7. The van der Waals surface area contributed by atoms with Crippen LogP contribution in [0.4, 0.5) is 0 Å². The number of sulfonamides is 1. The maximum Gasteiger partial charge on any atom is 0.241 e. The van der Waals surface area contributed by atoms with Gasteiger partial charge in [-0.05, 0) is 39.0 Å². The zero-order valence-corrected chi connectivity index (χ0v) is 12.7. The smallest absolute Gasteiger partial charge is 0.241 e. The number of rotatable bonds is 5. The van der Waals surface area contributed by atoms with E-state index < -0.39 is 10.0 Å². The molecule has 1 aromatic carbocycles. The van der Waals surface area contributed by atoms with E-state index in [0.29, 0.717) is 6.61 Å². The van der Waals surface area contributed by atoms with Gasteiger partial charge in [0.05, 0.1) is 12.2 Å². The molecule has 0 heterocycles. The highest BCUT2D eigenvalue weighted by Gasteiger charge is 2.16. The highest BCUT2D eigenvalue weighted by molar-refractivity contribution is 7.89. The Morgan fingerprint density at radius 3 is 2.42 bits per heavy atom. The van der Waals surface area contributed by atoms with Gasteiger partial charge < -0.3 is 9.47 Å². The van der Waals surface area contributed by atoms with Gasteiger partial charge in [0.15, 0.2) is 0 Å². The number of hydrogen-bond acceptors (Lipinski definition) is 4. The number of nitrogens with two attached hydrogens (primary N) is 1. The van der Waals surface area contributed by atoms with Crippen molar-refractivity contribution in [3.63, 3.8) is 0 Å². The summed E-state index contributed by atoms with van der Waals surface area (Å²) in [6.45, 7) is 6.33. The van der Waals surface area contributed by atoms with Crippen LogP contribution in [0.5, 0.6) is 5.75 Å². The van der Waals surface area contributed by atoms with Gasteiger partial charge in [-0.2, -0.15) is 0 Å². The predicted octanol–water partition coefficient (Wildman–Crippen LogP) is 2.18. The molecule has 0 aromatic heterocycles. The fourth-order valence-corrected chi connectivity index (χ4v) is 2.26. The van der Waals surface area contributed by atoms with Crippen LogP contribution in [0.2, 0.25) is 5.02 Å². The van der Waals surface area contributed by atoms with Crippen molar-refractivity contribution in [2.75, 3.05) is 13.2 Å². The summed E-state index contributed by atoms with van der Waals surface area (Å²) in [6, 6.07) is 4.27. The second-order valence-electron chi connectivity index (χ2n) is 4.95. The third-order valence-electron chi connectivity index (χ3n) is 2.09. The van der Waals surface area contributed by atoms with Gasteiger partial charge in [-0.1, -0.05) is 11.6 Å². The summed E-state index contributed by atoms with van der Waals surface area (Å²) in [5.74, 6) is 0.171. The molecule has 2 N–H and O–H groups in total. The van der Waals surface area contributed by atoms with E-state index in [-0.39, 0.29) is 27.9 Å². The summed E-state index contributed by atoms with van der Waals surface area (Å²) in [5.41, 5.74) is -0.272. The lowest BCUT2D eigenvalue weighted by molar-refractivity contribution is -0.0166. The second kappa shape index (κ2) is 6.09. The summed E-state index contributed by atoms with van der Waals surface area (Å²) in [6.07, 6.45) is 0. The van der Waals surface area contributed by atoms with Gasteiger partial charge in [0.2, 0.25) is 10.0 Å². The highest BCUT2D eigenvalue weighted by atomic mass is 35.5. The molecule has 0 bridgehead atoms. The van der Waals surface area contributed by atoms with Gasteiger partial charge in [0, 0.05) is 5.02 Å². The van der Waals surface area contributed by atoms with Crippen LogP contribution in [-0.2, 0) is 14.8 Å². The lowest BCUT2D eigenvalue weighted by atomic mass is 10.2. The minimum absolute atomic E-state index is 0.129. The average Bonchev–Trinajstić information content (AvgIpc) is 2.23. The summed E-state index contributed by atoms with van der Waals surface area (Å²) in [5, 5.41) is 5.38. The fraction of sp³-hybridized carbons (Fsp3) is 0.500. The molecular formula is C12H18ClNO4S. The summed E-state index contributed by atoms with van der Waals surface area (Å²) >= 11 is 5.74. The van der Waals surface area contributed by atoms with E-state index in [9.17, 15) is 8.42 Å². The molecule has 7 heteroatoms. The topological polar surface area (TPSA) is 78.6 Å². The Bertz CT molecular complexity index is 537. The van der Waals surface area contributed by atoms with Gasteiger partial charge >= 0.3 is 0 Å². The predicted molar refractivity (Wildman–Crippen MR) is 74.0 cm³/mol. The largest absolute Gasteiger partial charge is 0.490 e. The van der Waals surface area contributed by atoms with Gasteiger partial charge in [0.1, 0.15) is 17.3 Å². The Kier molecular flexibility index (Phi) is 5.20. The van der Waals surface area contributed by atoms with E-state index in [1.54, 1.807) is 0 Å². The molecule has 108 valence electrons. The van der Waals surface area contributed by atoms with Crippen LogP contribution < -0.4 is 9.88 Å². The molecule has 19 heavy (non-hydrogen) atoms. The molecule has 5 nitrogen and oxygen atoms in total. The van der Waals surface area contributed by atoms with E-state index in [0.717, 1.165) is 0 Å². The Morgan fingerprint density at radius 1 is 1.26 bits per heavy atom. The zero-order chi connectivity index (χ0) is 14.7. The molecule has 0 atom stereocenters. The van der Waals surface area contributed by atoms with E-state index in [1.807, 2.05) is 20.8 Å². The minimum Gasteiger partial charge on any atom is -0.490 e. The number of halogens is 1. The fourth-order valence-electron chi connectivity index (χ4n) is 1.32. The Morgan fingerprint density at radius 2 is 1.89 bits per heavy atom. The van der Waals surface area contributed by atoms with Crippen LogP contribution >= 0.6 is 11.6 Å². The van der Waals surface area contributed by atoms with Crippen LogP contribution in [0.25, 0.3) is 0 Å². The van der Waals surface area contributed by atoms with Crippen molar-refractivity contribution in [2.45, 2.75) is 31.3 Å². The monoisotopic (exact) mass is 307 g/mol. The first-order chi connectivity index (χ1) is 8.59. The van der Waals surface area contributed by atoms with Crippen LogP contribution in [-0.4, -0.2) is 27.2 Å². The molecule has 1 rings (SSSR count). The van der Waals surface area contributed by atoms with Gasteiger partial charge in [-0.25, -0.2) is 13.6 Å². The normalized spacial score (nSPS) is 12.5. The van der Waals surface area contributed by atoms with Crippen LogP contribution in [0.15, 0.2) is 23.1 Å². The molecule has 0 aliphatic heterocycles. The third-order valence-corrected chi connectivity index (χ3v) is 3.26. The lowest BCUT2D eigenvalue weighted by Gasteiger charge is -2.19. The average molecular weight is 308 g/mol. The van der Waals surface area contributed by atoms with Crippen molar-refractivity contribution < 1.29 is 17.9 Å². The van der Waals surface area contributed by atoms with E-state index in [1.165, 1.54) is 18.2 Å². The molecule has 0 unspecified atom stereocenters. The van der Waals surface area contributed by atoms with Crippen molar-refractivity contribution in [1.82, 2.24) is 0 Å². The SMILES string of the molecule is CC(C)(C)OCCOc1ccc(Cl)cc1S(N)(=O)=O. The third kappa shape index (κ3) is 5.78. The molecule has 0 amide bonds. The summed E-state index contributed by atoms with van der Waals surface area (Å²) in [4.78, 5) is -0.129.